The first-order chi connectivity index (χ1) is 7.20. The largest absolute Gasteiger partial charge is 0.241 e. The summed E-state index contributed by atoms with van der Waals surface area (Å²) in [6.07, 6.45) is 3.50. The molecule has 0 radical (unpaired) electrons. The molecule has 0 aliphatic carbocycles. The fraction of sp³-hybridized carbons (Fsp3) is 0.100. The van der Waals surface area contributed by atoms with Crippen LogP contribution in [0, 0.1) is 5.82 Å². The average molecular weight is 290 g/mol. The molecule has 1 aromatic heterocycles. The number of aromatic nitrogens is 2. The molecule has 0 saturated heterocycles. The van der Waals surface area contributed by atoms with Crippen LogP contribution in [-0.4, -0.2) is 9.78 Å². The molecule has 2 nitrogen and oxygen atoms in total. The molecule has 78 valence electrons. The van der Waals surface area contributed by atoms with E-state index in [1.165, 1.54) is 6.07 Å². The van der Waals surface area contributed by atoms with Gasteiger partial charge in [0.1, 0.15) is 5.82 Å². The van der Waals surface area contributed by atoms with Crippen LogP contribution in [0.4, 0.5) is 4.39 Å². The monoisotopic (exact) mass is 288 g/mol. The number of hydrogen-bond acceptors (Lipinski definition) is 1. The van der Waals surface area contributed by atoms with Crippen LogP contribution in [0.5, 0.6) is 0 Å². The first kappa shape index (κ1) is 10.6. The highest BCUT2D eigenvalue weighted by atomic mass is 79.9. The SMILES string of the molecule is Fc1ccc(-n2cc(CCl)cn2)cc1Br. The van der Waals surface area contributed by atoms with Crippen molar-refractivity contribution in [3.05, 3.63) is 46.4 Å². The quantitative estimate of drug-likeness (QED) is 0.774. The smallest absolute Gasteiger partial charge is 0.137 e. The number of rotatable bonds is 2. The van der Waals surface area contributed by atoms with Crippen molar-refractivity contribution in [3.8, 4) is 5.69 Å². The molecule has 0 fully saturated rings. The van der Waals surface area contributed by atoms with Gasteiger partial charge in [0, 0.05) is 11.8 Å². The number of nitrogens with zero attached hydrogens (tertiary/aromatic N) is 2. The van der Waals surface area contributed by atoms with Crippen LogP contribution in [0.2, 0.25) is 0 Å². The molecule has 0 aliphatic heterocycles. The maximum atomic E-state index is 13.0. The molecule has 0 saturated carbocycles. The molecule has 0 amide bonds. The van der Waals surface area contributed by atoms with Gasteiger partial charge in [-0.25, -0.2) is 9.07 Å². The summed E-state index contributed by atoms with van der Waals surface area (Å²) in [4.78, 5) is 0. The molecule has 0 atom stereocenters. The number of hydrogen-bond donors (Lipinski definition) is 0. The lowest BCUT2D eigenvalue weighted by Crippen LogP contribution is -1.94. The average Bonchev–Trinajstić information content (AvgIpc) is 2.70. The van der Waals surface area contributed by atoms with Crippen LogP contribution in [0.15, 0.2) is 35.1 Å². The van der Waals surface area contributed by atoms with E-state index in [0.717, 1.165) is 11.3 Å². The fourth-order valence-electron chi connectivity index (χ4n) is 1.20. The van der Waals surface area contributed by atoms with Gasteiger partial charge in [-0.15, -0.1) is 11.6 Å². The summed E-state index contributed by atoms with van der Waals surface area (Å²) >= 11 is 8.79. The van der Waals surface area contributed by atoms with Gasteiger partial charge in [-0.2, -0.15) is 5.10 Å². The predicted octanol–water partition coefficient (Wildman–Crippen LogP) is 3.51. The van der Waals surface area contributed by atoms with Crippen molar-refractivity contribution < 1.29 is 4.39 Å². The Bertz CT molecular complexity index is 484. The topological polar surface area (TPSA) is 17.8 Å². The van der Waals surface area contributed by atoms with E-state index in [9.17, 15) is 4.39 Å². The van der Waals surface area contributed by atoms with E-state index in [1.807, 2.05) is 6.20 Å². The number of alkyl halides is 1. The van der Waals surface area contributed by atoms with Gasteiger partial charge >= 0.3 is 0 Å². The van der Waals surface area contributed by atoms with Crippen LogP contribution in [0.25, 0.3) is 5.69 Å². The van der Waals surface area contributed by atoms with E-state index in [4.69, 9.17) is 11.6 Å². The summed E-state index contributed by atoms with van der Waals surface area (Å²) in [5.41, 5.74) is 1.72. The van der Waals surface area contributed by atoms with Gasteiger partial charge in [-0.05, 0) is 34.1 Å². The minimum Gasteiger partial charge on any atom is -0.241 e. The molecular weight excluding hydrogens is 282 g/mol. The molecule has 0 N–H and O–H groups in total. The fourth-order valence-corrected chi connectivity index (χ4v) is 1.70. The molecule has 5 heteroatoms. The second kappa shape index (κ2) is 4.33. The summed E-state index contributed by atoms with van der Waals surface area (Å²) in [5.74, 6) is 0.131. The molecule has 1 aromatic carbocycles. The predicted molar refractivity (Wildman–Crippen MR) is 60.8 cm³/mol. The van der Waals surface area contributed by atoms with E-state index >= 15 is 0 Å². The van der Waals surface area contributed by atoms with Crippen molar-refractivity contribution in [3.63, 3.8) is 0 Å². The lowest BCUT2D eigenvalue weighted by molar-refractivity contribution is 0.620. The summed E-state index contributed by atoms with van der Waals surface area (Å²) < 4.78 is 15.1. The Kier molecular flexibility index (Phi) is 3.07. The molecule has 1 heterocycles. The second-order valence-corrected chi connectivity index (χ2v) is 4.15. The first-order valence-corrected chi connectivity index (χ1v) is 5.58. The zero-order chi connectivity index (χ0) is 10.8. The maximum absolute atomic E-state index is 13.0. The van der Waals surface area contributed by atoms with Crippen molar-refractivity contribution in [2.24, 2.45) is 0 Å². The van der Waals surface area contributed by atoms with Crippen molar-refractivity contribution in [1.29, 1.82) is 0 Å². The molecular formula is C10H7BrClFN2. The highest BCUT2D eigenvalue weighted by molar-refractivity contribution is 9.10. The van der Waals surface area contributed by atoms with Crippen LogP contribution in [-0.2, 0) is 5.88 Å². The lowest BCUT2D eigenvalue weighted by Gasteiger charge is -2.01. The minimum atomic E-state index is -0.288. The minimum absolute atomic E-state index is 0.288. The van der Waals surface area contributed by atoms with Crippen molar-refractivity contribution in [1.82, 2.24) is 9.78 Å². The Morgan fingerprint density at radius 2 is 2.27 bits per heavy atom. The summed E-state index contributed by atoms with van der Waals surface area (Å²) in [6.45, 7) is 0. The van der Waals surface area contributed by atoms with E-state index < -0.39 is 0 Å². The molecule has 2 rings (SSSR count). The first-order valence-electron chi connectivity index (χ1n) is 4.25. The van der Waals surface area contributed by atoms with Gasteiger partial charge in [0.05, 0.1) is 22.2 Å². The Morgan fingerprint density at radius 1 is 1.47 bits per heavy atom. The lowest BCUT2D eigenvalue weighted by atomic mass is 10.3. The van der Waals surface area contributed by atoms with Gasteiger partial charge in [0.15, 0.2) is 0 Å². The summed E-state index contributed by atoms with van der Waals surface area (Å²) in [7, 11) is 0. The van der Waals surface area contributed by atoms with Gasteiger partial charge in [-0.3, -0.25) is 0 Å². The molecule has 0 aliphatic rings. The Hall–Kier alpha value is -0.870. The molecule has 0 bridgehead atoms. The third-order valence-corrected chi connectivity index (χ3v) is 2.87. The van der Waals surface area contributed by atoms with E-state index in [1.54, 1.807) is 23.0 Å². The Balaban J connectivity index is 2.40. The molecule has 2 aromatic rings. The molecule has 15 heavy (non-hydrogen) atoms. The van der Waals surface area contributed by atoms with E-state index in [2.05, 4.69) is 21.0 Å². The third kappa shape index (κ3) is 2.21. The van der Waals surface area contributed by atoms with Crippen molar-refractivity contribution in [2.75, 3.05) is 0 Å². The summed E-state index contributed by atoms with van der Waals surface area (Å²) in [6, 6.07) is 4.72. The number of benzene rings is 1. The highest BCUT2D eigenvalue weighted by Crippen LogP contribution is 2.19. The van der Waals surface area contributed by atoms with Crippen LogP contribution >= 0.6 is 27.5 Å². The van der Waals surface area contributed by atoms with Crippen molar-refractivity contribution >= 4 is 27.5 Å². The second-order valence-electron chi connectivity index (χ2n) is 3.03. The summed E-state index contributed by atoms with van der Waals surface area (Å²) in [5, 5.41) is 4.12. The van der Waals surface area contributed by atoms with Crippen LogP contribution in [0.3, 0.4) is 0 Å². The number of halogens is 3. The van der Waals surface area contributed by atoms with Gasteiger partial charge in [0.2, 0.25) is 0 Å². The van der Waals surface area contributed by atoms with Gasteiger partial charge in [-0.1, -0.05) is 0 Å². The Morgan fingerprint density at radius 3 is 2.87 bits per heavy atom. The molecule has 0 unspecified atom stereocenters. The zero-order valence-electron chi connectivity index (χ0n) is 7.62. The Labute approximate surface area is 99.8 Å². The van der Waals surface area contributed by atoms with Crippen LogP contribution in [0.1, 0.15) is 5.56 Å². The van der Waals surface area contributed by atoms with E-state index in [-0.39, 0.29) is 5.82 Å². The highest BCUT2D eigenvalue weighted by Gasteiger charge is 2.03. The van der Waals surface area contributed by atoms with Gasteiger partial charge < -0.3 is 0 Å². The van der Waals surface area contributed by atoms with E-state index in [0.29, 0.717) is 10.4 Å². The standard InChI is InChI=1S/C10H7BrClFN2/c11-9-3-8(1-2-10(9)13)15-6-7(4-12)5-14-15/h1-3,5-6H,4H2. The normalized spacial score (nSPS) is 10.6. The van der Waals surface area contributed by atoms with Gasteiger partial charge in [0.25, 0.3) is 0 Å². The molecule has 0 spiro atoms. The van der Waals surface area contributed by atoms with Crippen LogP contribution < -0.4 is 0 Å². The van der Waals surface area contributed by atoms with Crippen molar-refractivity contribution in [2.45, 2.75) is 5.88 Å². The zero-order valence-corrected chi connectivity index (χ0v) is 9.96. The maximum Gasteiger partial charge on any atom is 0.137 e. The third-order valence-electron chi connectivity index (χ3n) is 1.96.